The molecule has 2 atom stereocenters. The molecule has 0 radical (unpaired) electrons. The molecule has 1 heterocycles. The van der Waals surface area contributed by atoms with E-state index >= 15 is 0 Å². The molecule has 1 aliphatic rings. The highest BCUT2D eigenvalue weighted by molar-refractivity contribution is 5.95. The number of carbonyl (C=O) groups is 1. The maximum atomic E-state index is 12.2. The lowest BCUT2D eigenvalue weighted by Gasteiger charge is -2.22. The van der Waals surface area contributed by atoms with Crippen LogP contribution in [-0.2, 0) is 4.74 Å². The summed E-state index contributed by atoms with van der Waals surface area (Å²) < 4.78 is 5.56. The zero-order valence-electron chi connectivity index (χ0n) is 11.7. The summed E-state index contributed by atoms with van der Waals surface area (Å²) in [6, 6.07) is 3.47. The third-order valence-electron chi connectivity index (χ3n) is 3.60. The number of nitro benzene ring substituents is 1. The third kappa shape index (κ3) is 3.49. The molecular weight excluding hydrogens is 276 g/mol. The van der Waals surface area contributed by atoms with E-state index in [0.29, 0.717) is 6.61 Å². The van der Waals surface area contributed by atoms with Gasteiger partial charge in [-0.1, -0.05) is 6.92 Å². The second kappa shape index (κ2) is 6.53. The first-order valence-corrected chi connectivity index (χ1v) is 6.92. The summed E-state index contributed by atoms with van der Waals surface area (Å²) in [5, 5.41) is 23.0. The Balaban J connectivity index is 2.12. The first-order valence-electron chi connectivity index (χ1n) is 6.92. The topological polar surface area (TPSA) is 102 Å². The number of aromatic hydroxyl groups is 1. The van der Waals surface area contributed by atoms with Crippen molar-refractivity contribution in [3.63, 3.8) is 0 Å². The average Bonchev–Trinajstić information content (AvgIpc) is 2.98. The molecule has 0 aliphatic carbocycles. The van der Waals surface area contributed by atoms with Crippen LogP contribution in [0.3, 0.4) is 0 Å². The third-order valence-corrected chi connectivity index (χ3v) is 3.60. The minimum Gasteiger partial charge on any atom is -0.502 e. The van der Waals surface area contributed by atoms with Gasteiger partial charge in [0.1, 0.15) is 0 Å². The van der Waals surface area contributed by atoms with Gasteiger partial charge in [0.05, 0.1) is 17.1 Å². The van der Waals surface area contributed by atoms with Gasteiger partial charge in [-0.15, -0.1) is 0 Å². The van der Waals surface area contributed by atoms with E-state index in [9.17, 15) is 20.0 Å². The Bertz CT molecular complexity index is 540. The van der Waals surface area contributed by atoms with Crippen LogP contribution in [0, 0.1) is 10.1 Å². The number of nitrogens with zero attached hydrogens (tertiary/aromatic N) is 1. The highest BCUT2D eigenvalue weighted by atomic mass is 16.6. The molecule has 21 heavy (non-hydrogen) atoms. The standard InChI is InChI=1S/C14H18N2O5/c1-2-10(13-4-3-7-21-13)15-14(18)9-5-6-12(17)11(8-9)16(19)20/h5-6,8,10,13,17H,2-4,7H2,1H3,(H,15,18)/t10-,13+/m1/s1. The lowest BCUT2D eigenvalue weighted by molar-refractivity contribution is -0.385. The van der Waals surface area contributed by atoms with Crippen LogP contribution in [0.1, 0.15) is 36.5 Å². The Morgan fingerprint density at radius 2 is 2.38 bits per heavy atom. The monoisotopic (exact) mass is 294 g/mol. The summed E-state index contributed by atoms with van der Waals surface area (Å²) in [5.41, 5.74) is -0.330. The fourth-order valence-corrected chi connectivity index (χ4v) is 2.44. The minimum absolute atomic E-state index is 0.00829. The normalized spacial score (nSPS) is 19.2. The Morgan fingerprint density at radius 3 is 2.95 bits per heavy atom. The second-order valence-electron chi connectivity index (χ2n) is 5.00. The summed E-state index contributed by atoms with van der Waals surface area (Å²) in [6.07, 6.45) is 2.58. The zero-order valence-corrected chi connectivity index (χ0v) is 11.7. The van der Waals surface area contributed by atoms with Crippen LogP contribution < -0.4 is 5.32 Å². The van der Waals surface area contributed by atoms with Gasteiger partial charge < -0.3 is 15.2 Å². The Morgan fingerprint density at radius 1 is 1.62 bits per heavy atom. The van der Waals surface area contributed by atoms with Crippen LogP contribution in [0.15, 0.2) is 18.2 Å². The number of ether oxygens (including phenoxy) is 1. The van der Waals surface area contributed by atoms with Gasteiger partial charge in [0, 0.05) is 18.2 Å². The van der Waals surface area contributed by atoms with Crippen molar-refractivity contribution in [2.45, 2.75) is 38.3 Å². The number of hydrogen-bond acceptors (Lipinski definition) is 5. The summed E-state index contributed by atoms with van der Waals surface area (Å²) in [5.74, 6) is -0.858. The SMILES string of the molecule is CC[C@@H](NC(=O)c1ccc(O)c([N+](=O)[O-])c1)[C@@H]1CCCO1. The second-order valence-corrected chi connectivity index (χ2v) is 5.00. The fourth-order valence-electron chi connectivity index (χ4n) is 2.44. The van der Waals surface area contributed by atoms with Crippen molar-refractivity contribution < 1.29 is 19.6 Å². The molecule has 0 aromatic heterocycles. The number of benzene rings is 1. The summed E-state index contributed by atoms with van der Waals surface area (Å²) in [7, 11) is 0. The van der Waals surface area contributed by atoms with Gasteiger partial charge in [0.2, 0.25) is 0 Å². The molecule has 1 amide bonds. The summed E-state index contributed by atoms with van der Waals surface area (Å²) in [6.45, 7) is 2.65. The van der Waals surface area contributed by atoms with E-state index in [0.717, 1.165) is 31.4 Å². The van der Waals surface area contributed by atoms with Crippen molar-refractivity contribution in [1.29, 1.82) is 0 Å². The maximum absolute atomic E-state index is 12.2. The molecule has 2 N–H and O–H groups in total. The Labute approximate surface area is 122 Å². The van der Waals surface area contributed by atoms with Crippen LogP contribution in [-0.4, -0.2) is 34.7 Å². The number of phenols is 1. The molecule has 0 unspecified atom stereocenters. The van der Waals surface area contributed by atoms with E-state index in [1.54, 1.807) is 0 Å². The van der Waals surface area contributed by atoms with Crippen molar-refractivity contribution in [1.82, 2.24) is 5.32 Å². The molecular formula is C14H18N2O5. The van der Waals surface area contributed by atoms with E-state index < -0.39 is 22.3 Å². The number of rotatable bonds is 5. The quantitative estimate of drug-likeness (QED) is 0.638. The predicted octanol–water partition coefficient (Wildman–Crippen LogP) is 1.99. The average molecular weight is 294 g/mol. The minimum atomic E-state index is -0.719. The van der Waals surface area contributed by atoms with Gasteiger partial charge in [-0.2, -0.15) is 0 Å². The van der Waals surface area contributed by atoms with Crippen molar-refractivity contribution in [2.75, 3.05) is 6.61 Å². The molecule has 7 nitrogen and oxygen atoms in total. The predicted molar refractivity (Wildman–Crippen MR) is 75.3 cm³/mol. The van der Waals surface area contributed by atoms with E-state index in [-0.39, 0.29) is 17.7 Å². The molecule has 0 saturated carbocycles. The van der Waals surface area contributed by atoms with Crippen molar-refractivity contribution in [2.24, 2.45) is 0 Å². The maximum Gasteiger partial charge on any atom is 0.311 e. The van der Waals surface area contributed by atoms with Crippen molar-refractivity contribution in [3.05, 3.63) is 33.9 Å². The number of amides is 1. The van der Waals surface area contributed by atoms with Gasteiger partial charge >= 0.3 is 5.69 Å². The van der Waals surface area contributed by atoms with Crippen molar-refractivity contribution in [3.8, 4) is 5.75 Å². The number of nitro groups is 1. The van der Waals surface area contributed by atoms with Crippen LogP contribution >= 0.6 is 0 Å². The molecule has 1 fully saturated rings. The first kappa shape index (κ1) is 15.2. The summed E-state index contributed by atoms with van der Waals surface area (Å²) >= 11 is 0. The molecule has 0 spiro atoms. The zero-order chi connectivity index (χ0) is 15.4. The molecule has 1 aromatic carbocycles. The van der Waals surface area contributed by atoms with E-state index in [4.69, 9.17) is 4.74 Å². The fraction of sp³-hybridized carbons (Fsp3) is 0.500. The first-order chi connectivity index (χ1) is 10.0. The van der Waals surface area contributed by atoms with Crippen LogP contribution in [0.2, 0.25) is 0 Å². The van der Waals surface area contributed by atoms with Crippen LogP contribution in [0.5, 0.6) is 5.75 Å². The van der Waals surface area contributed by atoms with Crippen LogP contribution in [0.25, 0.3) is 0 Å². The highest BCUT2D eigenvalue weighted by Crippen LogP contribution is 2.26. The molecule has 1 aliphatic heterocycles. The number of nitrogens with one attached hydrogen (secondary N) is 1. The van der Waals surface area contributed by atoms with E-state index in [1.165, 1.54) is 6.07 Å². The van der Waals surface area contributed by atoms with E-state index in [1.807, 2.05) is 6.92 Å². The van der Waals surface area contributed by atoms with Gasteiger partial charge in [-0.25, -0.2) is 0 Å². The largest absolute Gasteiger partial charge is 0.502 e. The van der Waals surface area contributed by atoms with Gasteiger partial charge in [-0.3, -0.25) is 14.9 Å². The van der Waals surface area contributed by atoms with E-state index in [2.05, 4.69) is 5.32 Å². The Kier molecular flexibility index (Phi) is 4.74. The smallest absolute Gasteiger partial charge is 0.311 e. The van der Waals surface area contributed by atoms with Gasteiger partial charge in [0.25, 0.3) is 5.91 Å². The lowest BCUT2D eigenvalue weighted by Crippen LogP contribution is -2.42. The number of hydrogen-bond donors (Lipinski definition) is 2. The molecule has 0 bridgehead atoms. The molecule has 114 valence electrons. The van der Waals surface area contributed by atoms with Crippen molar-refractivity contribution >= 4 is 11.6 Å². The number of carbonyl (C=O) groups excluding carboxylic acids is 1. The summed E-state index contributed by atoms with van der Waals surface area (Å²) in [4.78, 5) is 22.2. The highest BCUT2D eigenvalue weighted by Gasteiger charge is 2.27. The Hall–Kier alpha value is -2.15. The van der Waals surface area contributed by atoms with Crippen LogP contribution in [0.4, 0.5) is 5.69 Å². The molecule has 1 saturated heterocycles. The lowest BCUT2D eigenvalue weighted by atomic mass is 10.0. The number of phenolic OH excluding ortho intramolecular Hbond substituents is 1. The molecule has 7 heteroatoms. The molecule has 1 aromatic rings. The van der Waals surface area contributed by atoms with Gasteiger partial charge in [0.15, 0.2) is 5.75 Å². The van der Waals surface area contributed by atoms with Gasteiger partial charge in [-0.05, 0) is 31.4 Å². The molecule has 2 rings (SSSR count).